The van der Waals surface area contributed by atoms with Crippen molar-refractivity contribution in [3.63, 3.8) is 0 Å². The second-order valence-electron chi connectivity index (χ2n) is 6.10. The van der Waals surface area contributed by atoms with Gasteiger partial charge in [0.1, 0.15) is 6.54 Å². The Morgan fingerprint density at radius 2 is 1.85 bits per heavy atom. The minimum absolute atomic E-state index is 0.195. The van der Waals surface area contributed by atoms with Gasteiger partial charge >= 0.3 is 11.9 Å². The molecule has 0 rings (SSSR count). The van der Waals surface area contributed by atoms with E-state index in [0.29, 0.717) is 23.9 Å². The molecule has 0 spiro atoms. The van der Waals surface area contributed by atoms with Crippen molar-refractivity contribution in [3.05, 3.63) is 0 Å². The maximum Gasteiger partial charge on any atom is 0.307 e. The molecule has 0 fully saturated rings. The first-order valence-corrected chi connectivity index (χ1v) is 7.11. The molecular weight excluding hydrogens is 258 g/mol. The normalized spacial score (nSPS) is 15.8. The van der Waals surface area contributed by atoms with Gasteiger partial charge in [0.2, 0.25) is 0 Å². The first-order valence-electron chi connectivity index (χ1n) is 8.61. The summed E-state index contributed by atoms with van der Waals surface area (Å²) in [5, 5.41) is 8.89. The molecule has 0 bridgehead atoms. The molecule has 0 heterocycles. The molecule has 0 aliphatic rings. The fourth-order valence-electron chi connectivity index (χ4n) is 1.94. The lowest BCUT2D eigenvalue weighted by Crippen LogP contribution is -2.43. The highest BCUT2D eigenvalue weighted by Gasteiger charge is 2.24. The number of hydrogen-bond donors (Lipinski definition) is 1. The number of carboxylic acids is 1. The van der Waals surface area contributed by atoms with E-state index in [1.54, 1.807) is 0 Å². The van der Waals surface area contributed by atoms with E-state index in [-0.39, 0.29) is 25.2 Å². The Balaban J connectivity index is 4.01. The van der Waals surface area contributed by atoms with Gasteiger partial charge in [-0.25, -0.2) is 0 Å². The Kier molecular flexibility index (Phi) is 6.76. The monoisotopic (exact) mass is 291 g/mol. The number of rotatable bonds is 11. The van der Waals surface area contributed by atoms with Gasteiger partial charge in [-0.05, 0) is 6.42 Å². The van der Waals surface area contributed by atoms with Crippen molar-refractivity contribution in [1.29, 1.82) is 0 Å². The third-order valence-corrected chi connectivity index (χ3v) is 2.76. The third kappa shape index (κ3) is 12.0. The van der Waals surface area contributed by atoms with Gasteiger partial charge in [-0.15, -0.1) is 0 Å². The highest BCUT2D eigenvalue weighted by Crippen LogP contribution is 2.10. The SMILES string of the molecule is [2H]C([2H])([2H])CCCCCCC(=O)O[C@H](CC(=O)O)C[N+](C)(C)C. The first kappa shape index (κ1) is 13.9. The third-order valence-electron chi connectivity index (χ3n) is 2.76. The van der Waals surface area contributed by atoms with Gasteiger partial charge in [0, 0.05) is 10.5 Å². The minimum atomic E-state index is -1.88. The van der Waals surface area contributed by atoms with Crippen LogP contribution < -0.4 is 0 Å². The standard InChI is InChI=1S/C15H29NO4/c1-5-6-7-8-9-10-15(19)20-13(11-14(17)18)12-16(2,3)4/h13H,5-12H2,1-4H3/p+1/t13-/m1/s1/i1D3. The number of likely N-dealkylation sites (N-methyl/N-ethyl adjacent to an activating group) is 1. The molecule has 20 heavy (non-hydrogen) atoms. The maximum absolute atomic E-state index is 11.8. The summed E-state index contributed by atoms with van der Waals surface area (Å²) in [7, 11) is 5.73. The van der Waals surface area contributed by atoms with Crippen LogP contribution in [-0.2, 0) is 14.3 Å². The summed E-state index contributed by atoms with van der Waals surface area (Å²) in [6.07, 6.45) is 2.39. The fraction of sp³-hybridized carbons (Fsp3) is 0.867. The van der Waals surface area contributed by atoms with Gasteiger partial charge in [-0.1, -0.05) is 32.5 Å². The first-order chi connectivity index (χ1) is 10.4. The molecule has 0 saturated heterocycles. The van der Waals surface area contributed by atoms with Crippen LogP contribution in [0.4, 0.5) is 0 Å². The topological polar surface area (TPSA) is 63.6 Å². The largest absolute Gasteiger partial charge is 0.481 e. The zero-order chi connectivity index (χ0) is 18.1. The summed E-state index contributed by atoms with van der Waals surface area (Å²) in [5.74, 6) is -1.37. The molecule has 5 nitrogen and oxygen atoms in total. The fourth-order valence-corrected chi connectivity index (χ4v) is 1.94. The van der Waals surface area contributed by atoms with Crippen LogP contribution in [0.15, 0.2) is 0 Å². The van der Waals surface area contributed by atoms with Gasteiger partial charge in [-0.3, -0.25) is 9.59 Å². The lowest BCUT2D eigenvalue weighted by atomic mass is 10.1. The van der Waals surface area contributed by atoms with Crippen LogP contribution in [0.1, 0.15) is 55.9 Å². The second kappa shape index (κ2) is 9.75. The molecule has 1 atom stereocenters. The molecule has 118 valence electrons. The Hall–Kier alpha value is -1.10. The van der Waals surface area contributed by atoms with Crippen LogP contribution in [0.2, 0.25) is 0 Å². The van der Waals surface area contributed by atoms with Crippen molar-refractivity contribution in [2.45, 2.75) is 57.9 Å². The van der Waals surface area contributed by atoms with Crippen molar-refractivity contribution in [3.8, 4) is 0 Å². The number of quaternary nitrogens is 1. The molecule has 0 unspecified atom stereocenters. The van der Waals surface area contributed by atoms with Gasteiger partial charge in [0.15, 0.2) is 6.10 Å². The smallest absolute Gasteiger partial charge is 0.307 e. The zero-order valence-electron chi connectivity index (χ0n) is 15.9. The Labute approximate surface area is 126 Å². The van der Waals surface area contributed by atoms with Gasteiger partial charge in [0.05, 0.1) is 27.6 Å². The number of hydrogen-bond acceptors (Lipinski definition) is 3. The minimum Gasteiger partial charge on any atom is -0.481 e. The Morgan fingerprint density at radius 1 is 1.20 bits per heavy atom. The highest BCUT2D eigenvalue weighted by atomic mass is 16.5. The average Bonchev–Trinajstić information content (AvgIpc) is 2.28. The van der Waals surface area contributed by atoms with Crippen LogP contribution in [0.5, 0.6) is 0 Å². The van der Waals surface area contributed by atoms with E-state index in [4.69, 9.17) is 14.0 Å². The summed E-state index contributed by atoms with van der Waals surface area (Å²) < 4.78 is 27.1. The predicted octanol–water partition coefficient (Wildman–Crippen LogP) is 2.44. The number of ether oxygens (including phenoxy) is 1. The lowest BCUT2D eigenvalue weighted by molar-refractivity contribution is -0.873. The number of unbranched alkanes of at least 4 members (excludes halogenated alkanes) is 3. The van der Waals surface area contributed by atoms with E-state index in [2.05, 4.69) is 0 Å². The summed E-state index contributed by atoms with van der Waals surface area (Å²) in [6, 6.07) is 0. The predicted molar refractivity (Wildman–Crippen MR) is 78.4 cm³/mol. The number of aliphatic carboxylic acids is 1. The van der Waals surface area contributed by atoms with Gasteiger partial charge < -0.3 is 14.3 Å². The van der Waals surface area contributed by atoms with Crippen molar-refractivity contribution in [2.75, 3.05) is 27.7 Å². The van der Waals surface area contributed by atoms with E-state index >= 15 is 0 Å². The van der Waals surface area contributed by atoms with E-state index in [0.717, 1.165) is 12.8 Å². The Bertz CT molecular complexity index is 378. The molecule has 0 radical (unpaired) electrons. The Morgan fingerprint density at radius 3 is 2.40 bits per heavy atom. The molecule has 0 aliphatic carbocycles. The number of nitrogens with zero attached hydrogens (tertiary/aromatic N) is 1. The summed E-state index contributed by atoms with van der Waals surface area (Å²) in [5.41, 5.74) is 0. The van der Waals surface area contributed by atoms with Crippen LogP contribution in [0.25, 0.3) is 0 Å². The van der Waals surface area contributed by atoms with E-state index in [1.807, 2.05) is 21.1 Å². The molecule has 0 aromatic heterocycles. The summed E-state index contributed by atoms with van der Waals surface area (Å²) in [6.45, 7) is -1.44. The van der Waals surface area contributed by atoms with Crippen molar-refractivity contribution < 1.29 is 28.0 Å². The van der Waals surface area contributed by atoms with Crippen LogP contribution in [-0.4, -0.2) is 55.3 Å². The maximum atomic E-state index is 11.8. The molecule has 0 aromatic carbocycles. The quantitative estimate of drug-likeness (QED) is 0.361. The number of carboxylic acid groups (broad SMARTS) is 1. The number of carbonyl (C=O) groups excluding carboxylic acids is 1. The molecule has 0 amide bonds. The van der Waals surface area contributed by atoms with Crippen molar-refractivity contribution >= 4 is 11.9 Å². The van der Waals surface area contributed by atoms with E-state index in [1.165, 1.54) is 0 Å². The molecule has 1 N–H and O–H groups in total. The van der Waals surface area contributed by atoms with Crippen LogP contribution in [0.3, 0.4) is 0 Å². The van der Waals surface area contributed by atoms with Crippen LogP contribution in [0, 0.1) is 0 Å². The molecular formula is C15H30NO4+. The van der Waals surface area contributed by atoms with E-state index < -0.39 is 18.9 Å². The van der Waals surface area contributed by atoms with E-state index in [9.17, 15) is 9.59 Å². The van der Waals surface area contributed by atoms with Gasteiger partial charge in [0.25, 0.3) is 0 Å². The summed E-state index contributed by atoms with van der Waals surface area (Å²) in [4.78, 5) is 22.6. The van der Waals surface area contributed by atoms with Crippen molar-refractivity contribution in [1.82, 2.24) is 0 Å². The lowest BCUT2D eigenvalue weighted by Gasteiger charge is -2.28. The molecule has 0 aliphatic heterocycles. The molecule has 0 aromatic rings. The van der Waals surface area contributed by atoms with Crippen LogP contribution >= 0.6 is 0 Å². The highest BCUT2D eigenvalue weighted by molar-refractivity contribution is 5.71. The number of esters is 1. The second-order valence-corrected chi connectivity index (χ2v) is 6.10. The summed E-state index contributed by atoms with van der Waals surface area (Å²) >= 11 is 0. The van der Waals surface area contributed by atoms with Crippen molar-refractivity contribution in [2.24, 2.45) is 0 Å². The van der Waals surface area contributed by atoms with Gasteiger partial charge in [-0.2, -0.15) is 0 Å². The molecule has 0 saturated carbocycles. The molecule has 5 heteroatoms. The number of carbonyl (C=O) groups is 2. The zero-order valence-corrected chi connectivity index (χ0v) is 12.9. The average molecular weight is 291 g/mol.